The lowest BCUT2D eigenvalue weighted by atomic mass is 10.1. The highest BCUT2D eigenvalue weighted by Crippen LogP contribution is 2.20. The Balaban J connectivity index is 2.87. The molecule has 0 amide bonds. The fourth-order valence-electron chi connectivity index (χ4n) is 1.17. The lowest BCUT2D eigenvalue weighted by molar-refractivity contribution is -0.120. The largest absolute Gasteiger partial charge is 0.359 e. The van der Waals surface area contributed by atoms with E-state index in [1.807, 2.05) is 0 Å². The molecule has 0 fully saturated rings. The van der Waals surface area contributed by atoms with Crippen LogP contribution < -0.4 is 0 Å². The van der Waals surface area contributed by atoms with Crippen LogP contribution in [0.15, 0.2) is 36.9 Å². The topological polar surface area (TPSA) is 26.3 Å². The fraction of sp³-hybridized carbons (Fsp3) is 0.250. The van der Waals surface area contributed by atoms with Gasteiger partial charge in [0.05, 0.1) is 6.10 Å². The van der Waals surface area contributed by atoms with Gasteiger partial charge < -0.3 is 9.53 Å². The Morgan fingerprint density at radius 2 is 2.13 bits per heavy atom. The van der Waals surface area contributed by atoms with Crippen molar-refractivity contribution in [2.75, 3.05) is 0 Å². The maximum atomic E-state index is 13.3. The first-order valence-corrected chi connectivity index (χ1v) is 4.66. The predicted octanol–water partition coefficient (Wildman–Crippen LogP) is 2.66. The van der Waals surface area contributed by atoms with Crippen LogP contribution in [0, 0.1) is 5.82 Å². The summed E-state index contributed by atoms with van der Waals surface area (Å²) in [6, 6.07) is 6.06. The predicted molar refractivity (Wildman–Crippen MR) is 55.9 cm³/mol. The van der Waals surface area contributed by atoms with E-state index < -0.39 is 11.9 Å². The van der Waals surface area contributed by atoms with Crippen molar-refractivity contribution in [2.45, 2.75) is 19.1 Å². The van der Waals surface area contributed by atoms with Crippen LogP contribution in [0.3, 0.4) is 0 Å². The van der Waals surface area contributed by atoms with E-state index >= 15 is 0 Å². The van der Waals surface area contributed by atoms with Crippen molar-refractivity contribution < 1.29 is 13.9 Å². The lowest BCUT2D eigenvalue weighted by Crippen LogP contribution is -2.13. The molecule has 0 saturated heterocycles. The molecular weight excluding hydrogens is 195 g/mol. The van der Waals surface area contributed by atoms with E-state index in [1.165, 1.54) is 12.1 Å². The van der Waals surface area contributed by atoms with E-state index in [0.29, 0.717) is 6.29 Å². The highest BCUT2D eigenvalue weighted by atomic mass is 19.1. The van der Waals surface area contributed by atoms with Gasteiger partial charge in [-0.2, -0.15) is 0 Å². The zero-order valence-electron chi connectivity index (χ0n) is 8.52. The first-order valence-electron chi connectivity index (χ1n) is 4.66. The first-order chi connectivity index (χ1) is 7.19. The standard InChI is InChI=1S/C12H13FO2/c1-3-9(2)15-12(8-14)10-6-4-5-7-11(10)13/h3-9,12H,1H2,2H3. The molecule has 0 aliphatic carbocycles. The highest BCUT2D eigenvalue weighted by molar-refractivity contribution is 5.60. The van der Waals surface area contributed by atoms with Gasteiger partial charge in [-0.25, -0.2) is 4.39 Å². The first kappa shape index (κ1) is 11.6. The van der Waals surface area contributed by atoms with Crippen molar-refractivity contribution in [3.05, 3.63) is 48.3 Å². The van der Waals surface area contributed by atoms with Gasteiger partial charge in [-0.3, -0.25) is 0 Å². The maximum Gasteiger partial charge on any atom is 0.153 e. The monoisotopic (exact) mass is 208 g/mol. The molecule has 0 spiro atoms. The molecule has 0 aliphatic heterocycles. The Morgan fingerprint density at radius 1 is 1.47 bits per heavy atom. The van der Waals surface area contributed by atoms with E-state index in [1.54, 1.807) is 25.1 Å². The average molecular weight is 208 g/mol. The summed E-state index contributed by atoms with van der Waals surface area (Å²) in [5.74, 6) is -0.439. The van der Waals surface area contributed by atoms with Crippen molar-refractivity contribution in [1.82, 2.24) is 0 Å². The Labute approximate surface area is 88.4 Å². The Bertz CT molecular complexity index is 349. The van der Waals surface area contributed by atoms with Crippen LogP contribution in [0.4, 0.5) is 4.39 Å². The summed E-state index contributed by atoms with van der Waals surface area (Å²) >= 11 is 0. The van der Waals surface area contributed by atoms with Gasteiger partial charge >= 0.3 is 0 Å². The van der Waals surface area contributed by atoms with Crippen LogP contribution >= 0.6 is 0 Å². The number of aldehydes is 1. The maximum absolute atomic E-state index is 13.3. The second-order valence-electron chi connectivity index (χ2n) is 3.16. The molecule has 15 heavy (non-hydrogen) atoms. The number of ether oxygens (including phenoxy) is 1. The number of rotatable bonds is 5. The molecule has 2 unspecified atom stereocenters. The normalized spacial score (nSPS) is 14.3. The molecule has 0 radical (unpaired) electrons. The summed E-state index contributed by atoms with van der Waals surface area (Å²) in [7, 11) is 0. The molecule has 0 heterocycles. The lowest BCUT2D eigenvalue weighted by Gasteiger charge is -2.16. The van der Waals surface area contributed by atoms with Crippen LogP contribution in [0.5, 0.6) is 0 Å². The van der Waals surface area contributed by atoms with Gasteiger partial charge in [0.2, 0.25) is 0 Å². The van der Waals surface area contributed by atoms with Gasteiger partial charge in [-0.1, -0.05) is 24.3 Å². The molecule has 0 bridgehead atoms. The summed E-state index contributed by atoms with van der Waals surface area (Å²) in [4.78, 5) is 10.8. The SMILES string of the molecule is C=CC(C)OC(C=O)c1ccccc1F. The molecule has 0 N–H and O–H groups in total. The minimum absolute atomic E-state index is 0.251. The van der Waals surface area contributed by atoms with Crippen molar-refractivity contribution in [2.24, 2.45) is 0 Å². The van der Waals surface area contributed by atoms with E-state index in [-0.39, 0.29) is 11.7 Å². The molecule has 1 aromatic carbocycles. The highest BCUT2D eigenvalue weighted by Gasteiger charge is 2.16. The van der Waals surface area contributed by atoms with E-state index in [4.69, 9.17) is 4.74 Å². The zero-order valence-corrected chi connectivity index (χ0v) is 8.52. The van der Waals surface area contributed by atoms with Gasteiger partial charge in [0.15, 0.2) is 6.29 Å². The zero-order chi connectivity index (χ0) is 11.3. The molecule has 1 aromatic rings. The molecule has 0 aliphatic rings. The van der Waals surface area contributed by atoms with Crippen LogP contribution in [0.1, 0.15) is 18.6 Å². The Kier molecular flexibility index (Phi) is 4.18. The van der Waals surface area contributed by atoms with Crippen LogP contribution in [0.2, 0.25) is 0 Å². The second-order valence-corrected chi connectivity index (χ2v) is 3.16. The number of carbonyl (C=O) groups excluding carboxylic acids is 1. The van der Waals surface area contributed by atoms with Crippen LogP contribution in [0.25, 0.3) is 0 Å². The molecule has 1 rings (SSSR count). The summed E-state index contributed by atoms with van der Waals surface area (Å²) in [5, 5.41) is 0. The molecule has 2 nitrogen and oxygen atoms in total. The van der Waals surface area contributed by atoms with E-state index in [2.05, 4.69) is 6.58 Å². The van der Waals surface area contributed by atoms with Gasteiger partial charge in [-0.05, 0) is 13.0 Å². The fourth-order valence-corrected chi connectivity index (χ4v) is 1.17. The molecule has 0 saturated carbocycles. The van der Waals surface area contributed by atoms with E-state index in [0.717, 1.165) is 0 Å². The minimum Gasteiger partial charge on any atom is -0.359 e. The number of benzene rings is 1. The van der Waals surface area contributed by atoms with Gasteiger partial charge in [-0.15, -0.1) is 6.58 Å². The number of hydrogen-bond donors (Lipinski definition) is 0. The molecule has 0 aromatic heterocycles. The second kappa shape index (κ2) is 5.41. The molecule has 80 valence electrons. The van der Waals surface area contributed by atoms with Crippen molar-refractivity contribution in [3.63, 3.8) is 0 Å². The summed E-state index contributed by atoms with van der Waals surface area (Å²) in [5.41, 5.74) is 0.251. The van der Waals surface area contributed by atoms with Gasteiger partial charge in [0.25, 0.3) is 0 Å². The van der Waals surface area contributed by atoms with Gasteiger partial charge in [0.1, 0.15) is 11.9 Å². The quantitative estimate of drug-likeness (QED) is 0.549. The third kappa shape index (κ3) is 2.99. The van der Waals surface area contributed by atoms with E-state index in [9.17, 15) is 9.18 Å². The van der Waals surface area contributed by atoms with Crippen LogP contribution in [-0.4, -0.2) is 12.4 Å². The van der Waals surface area contributed by atoms with Crippen molar-refractivity contribution in [1.29, 1.82) is 0 Å². The molecular formula is C12H13FO2. The van der Waals surface area contributed by atoms with Crippen molar-refractivity contribution in [3.8, 4) is 0 Å². The average Bonchev–Trinajstić information content (AvgIpc) is 2.26. The minimum atomic E-state index is -0.876. The Morgan fingerprint density at radius 3 is 2.67 bits per heavy atom. The van der Waals surface area contributed by atoms with Crippen LogP contribution in [-0.2, 0) is 9.53 Å². The smallest absolute Gasteiger partial charge is 0.153 e. The third-order valence-electron chi connectivity index (χ3n) is 2.03. The third-order valence-corrected chi connectivity index (χ3v) is 2.03. The van der Waals surface area contributed by atoms with Crippen molar-refractivity contribution >= 4 is 6.29 Å². The number of halogens is 1. The Hall–Kier alpha value is -1.48. The molecule has 3 heteroatoms. The molecule has 2 atom stereocenters. The number of carbonyl (C=O) groups is 1. The summed E-state index contributed by atoms with van der Waals surface area (Å²) < 4.78 is 18.6. The summed E-state index contributed by atoms with van der Waals surface area (Å²) in [6.45, 7) is 5.27. The summed E-state index contributed by atoms with van der Waals surface area (Å²) in [6.07, 6.45) is 0.967. The number of hydrogen-bond acceptors (Lipinski definition) is 2. The van der Waals surface area contributed by atoms with Gasteiger partial charge in [0, 0.05) is 5.56 Å².